The smallest absolute Gasteiger partial charge is 0.240 e. The molecule has 1 fully saturated rings. The van der Waals surface area contributed by atoms with Crippen molar-refractivity contribution in [2.45, 2.75) is 45.1 Å². The number of unbranched alkanes of at least 4 members (excludes halogenated alkanes) is 2. The van der Waals surface area contributed by atoms with Gasteiger partial charge in [0.2, 0.25) is 11.8 Å². The molecule has 0 aliphatic carbocycles. The summed E-state index contributed by atoms with van der Waals surface area (Å²) < 4.78 is 0. The molecule has 1 aliphatic rings. The second-order valence-electron chi connectivity index (χ2n) is 5.17. The molecule has 1 atom stereocenters. The van der Waals surface area contributed by atoms with Crippen LogP contribution in [0.4, 0.5) is 0 Å². The highest BCUT2D eigenvalue weighted by Gasteiger charge is 2.29. The van der Waals surface area contributed by atoms with Crippen LogP contribution in [0.25, 0.3) is 0 Å². The van der Waals surface area contributed by atoms with Gasteiger partial charge >= 0.3 is 0 Å². The Morgan fingerprint density at radius 3 is 2.95 bits per heavy atom. The number of piperazine rings is 1. The van der Waals surface area contributed by atoms with Gasteiger partial charge in [0.15, 0.2) is 0 Å². The predicted molar refractivity (Wildman–Crippen MR) is 87.6 cm³/mol. The average molecular weight is 318 g/mol. The van der Waals surface area contributed by atoms with E-state index in [1.54, 1.807) is 0 Å². The first-order valence-corrected chi connectivity index (χ1v) is 7.58. The molecule has 2 amide bonds. The van der Waals surface area contributed by atoms with E-state index in [1.165, 1.54) is 0 Å². The highest BCUT2D eigenvalue weighted by atomic mass is 35.5. The van der Waals surface area contributed by atoms with Gasteiger partial charge in [0.1, 0.15) is 0 Å². The van der Waals surface area contributed by atoms with Crippen molar-refractivity contribution >= 4 is 24.2 Å². The number of carbonyl (C=O) groups is 2. The third kappa shape index (κ3) is 7.48. The Hall–Kier alpha value is -1.07. The first kappa shape index (κ1) is 19.9. The second kappa shape index (κ2) is 11.6. The second-order valence-corrected chi connectivity index (χ2v) is 5.17. The Labute approximate surface area is 133 Å². The summed E-state index contributed by atoms with van der Waals surface area (Å²) in [5.41, 5.74) is 0. The lowest BCUT2D eigenvalue weighted by Crippen LogP contribution is -2.56. The molecule has 2 N–H and O–H groups in total. The molecule has 21 heavy (non-hydrogen) atoms. The molecule has 1 heterocycles. The summed E-state index contributed by atoms with van der Waals surface area (Å²) in [7, 11) is 0. The van der Waals surface area contributed by atoms with Crippen LogP contribution in [0.15, 0.2) is 12.7 Å². The van der Waals surface area contributed by atoms with Gasteiger partial charge in [0.25, 0.3) is 0 Å². The topological polar surface area (TPSA) is 61.4 Å². The van der Waals surface area contributed by atoms with Crippen LogP contribution in [-0.2, 0) is 9.59 Å². The fraction of sp³-hybridized carbons (Fsp3) is 0.733. The molecule has 1 aliphatic heterocycles. The number of hydrogen-bond donors (Lipinski definition) is 2. The van der Waals surface area contributed by atoms with E-state index in [2.05, 4.69) is 24.1 Å². The molecule has 6 heteroatoms. The van der Waals surface area contributed by atoms with E-state index in [0.717, 1.165) is 45.3 Å². The highest BCUT2D eigenvalue weighted by molar-refractivity contribution is 5.88. The summed E-state index contributed by atoms with van der Waals surface area (Å²) >= 11 is 0. The number of rotatable bonds is 9. The van der Waals surface area contributed by atoms with Crippen LogP contribution >= 0.6 is 12.4 Å². The molecule has 1 saturated heterocycles. The van der Waals surface area contributed by atoms with Crippen molar-refractivity contribution in [3.63, 3.8) is 0 Å². The number of halogens is 1. The highest BCUT2D eigenvalue weighted by Crippen LogP contribution is 2.07. The van der Waals surface area contributed by atoms with E-state index in [9.17, 15) is 9.59 Å². The number of amides is 2. The maximum Gasteiger partial charge on any atom is 0.240 e. The summed E-state index contributed by atoms with van der Waals surface area (Å²) in [6.45, 7) is 8.69. The zero-order valence-corrected chi connectivity index (χ0v) is 13.7. The monoisotopic (exact) mass is 317 g/mol. The van der Waals surface area contributed by atoms with Crippen LogP contribution in [0.5, 0.6) is 0 Å². The number of allylic oxidation sites excluding steroid dienone is 1. The van der Waals surface area contributed by atoms with Gasteiger partial charge in [-0.05, 0) is 19.3 Å². The van der Waals surface area contributed by atoms with E-state index >= 15 is 0 Å². The molecule has 0 radical (unpaired) electrons. The fourth-order valence-electron chi connectivity index (χ4n) is 2.26. The Balaban J connectivity index is 0.00000400. The maximum absolute atomic E-state index is 12.2. The van der Waals surface area contributed by atoms with Crippen molar-refractivity contribution in [3.05, 3.63) is 12.7 Å². The largest absolute Gasteiger partial charge is 0.356 e. The first-order valence-electron chi connectivity index (χ1n) is 7.58. The Bertz CT molecular complexity index is 337. The lowest BCUT2D eigenvalue weighted by molar-refractivity contribution is -0.138. The van der Waals surface area contributed by atoms with Crippen LogP contribution in [0, 0.1) is 0 Å². The molecular weight excluding hydrogens is 290 g/mol. The van der Waals surface area contributed by atoms with Crippen molar-refractivity contribution in [2.24, 2.45) is 0 Å². The van der Waals surface area contributed by atoms with Gasteiger partial charge in [0, 0.05) is 26.2 Å². The van der Waals surface area contributed by atoms with Crippen LogP contribution in [0.2, 0.25) is 0 Å². The number of nitrogens with one attached hydrogen (secondary N) is 2. The minimum atomic E-state index is -0.367. The molecule has 0 bridgehead atoms. The Kier molecular flexibility index (Phi) is 11.0. The molecular formula is C15H28ClN3O2. The maximum atomic E-state index is 12.2. The van der Waals surface area contributed by atoms with Gasteiger partial charge in [-0.2, -0.15) is 0 Å². The number of carbonyl (C=O) groups excluding carboxylic acids is 2. The van der Waals surface area contributed by atoms with Crippen LogP contribution in [0.1, 0.15) is 39.0 Å². The average Bonchev–Trinajstić information content (AvgIpc) is 2.43. The van der Waals surface area contributed by atoms with Crippen molar-refractivity contribution < 1.29 is 9.59 Å². The van der Waals surface area contributed by atoms with E-state index in [-0.39, 0.29) is 36.7 Å². The third-order valence-corrected chi connectivity index (χ3v) is 3.46. The molecule has 122 valence electrons. The minimum absolute atomic E-state index is 0. The molecule has 0 aromatic rings. The molecule has 1 rings (SSSR count). The van der Waals surface area contributed by atoms with Crippen molar-refractivity contribution in [1.82, 2.24) is 15.5 Å². The first-order chi connectivity index (χ1) is 9.69. The van der Waals surface area contributed by atoms with Crippen molar-refractivity contribution in [3.8, 4) is 0 Å². The summed E-state index contributed by atoms with van der Waals surface area (Å²) in [6.07, 6.45) is 5.99. The molecule has 0 aromatic heterocycles. The molecule has 5 nitrogen and oxygen atoms in total. The fourth-order valence-corrected chi connectivity index (χ4v) is 2.26. The van der Waals surface area contributed by atoms with Gasteiger partial charge in [0.05, 0.1) is 12.5 Å². The molecule has 1 unspecified atom stereocenters. The lowest BCUT2D eigenvalue weighted by atomic mass is 10.1. The van der Waals surface area contributed by atoms with E-state index in [4.69, 9.17) is 0 Å². The van der Waals surface area contributed by atoms with Gasteiger partial charge in [-0.3, -0.25) is 9.59 Å². The van der Waals surface area contributed by atoms with Gasteiger partial charge in [-0.25, -0.2) is 0 Å². The van der Waals surface area contributed by atoms with Crippen LogP contribution in [0.3, 0.4) is 0 Å². The normalized spacial score (nSPS) is 18.0. The quantitative estimate of drug-likeness (QED) is 0.500. The van der Waals surface area contributed by atoms with E-state index in [0.29, 0.717) is 6.54 Å². The lowest BCUT2D eigenvalue weighted by Gasteiger charge is -2.33. The van der Waals surface area contributed by atoms with Gasteiger partial charge in [-0.1, -0.05) is 19.4 Å². The van der Waals surface area contributed by atoms with Crippen molar-refractivity contribution in [2.75, 3.05) is 26.2 Å². The predicted octanol–water partition coefficient (Wildman–Crippen LogP) is 1.48. The summed E-state index contributed by atoms with van der Waals surface area (Å²) in [4.78, 5) is 25.9. The summed E-state index contributed by atoms with van der Waals surface area (Å²) in [5, 5.41) is 5.99. The Morgan fingerprint density at radius 2 is 2.29 bits per heavy atom. The van der Waals surface area contributed by atoms with Gasteiger partial charge < -0.3 is 15.5 Å². The van der Waals surface area contributed by atoms with Crippen molar-refractivity contribution in [1.29, 1.82) is 0 Å². The molecule has 0 aromatic carbocycles. The zero-order chi connectivity index (χ0) is 14.8. The SMILES string of the molecule is C=CCCCN1CCNC(CC(=O)NCCCC)C1=O.Cl. The summed E-state index contributed by atoms with van der Waals surface area (Å²) in [5.74, 6) is 0.00296. The number of hydrogen-bond acceptors (Lipinski definition) is 3. The number of nitrogens with zero attached hydrogens (tertiary/aromatic N) is 1. The standard InChI is InChI=1S/C15H27N3O2.ClH/c1-3-5-7-10-18-11-9-16-13(15(18)20)12-14(19)17-8-6-4-2;/h3,13,16H,1,4-12H2,2H3,(H,17,19);1H. The molecule has 0 spiro atoms. The molecule has 0 saturated carbocycles. The van der Waals surface area contributed by atoms with Gasteiger partial charge in [-0.15, -0.1) is 19.0 Å². The third-order valence-electron chi connectivity index (χ3n) is 3.46. The van der Waals surface area contributed by atoms with E-state index < -0.39 is 0 Å². The van der Waals surface area contributed by atoms with Crippen LogP contribution in [-0.4, -0.2) is 48.9 Å². The summed E-state index contributed by atoms with van der Waals surface area (Å²) in [6, 6.07) is -0.367. The minimum Gasteiger partial charge on any atom is -0.356 e. The zero-order valence-electron chi connectivity index (χ0n) is 12.9. The van der Waals surface area contributed by atoms with Crippen LogP contribution < -0.4 is 10.6 Å². The van der Waals surface area contributed by atoms with E-state index in [1.807, 2.05) is 11.0 Å². The Morgan fingerprint density at radius 1 is 1.52 bits per heavy atom.